The maximum absolute atomic E-state index is 9.75. The van der Waals surface area contributed by atoms with Gasteiger partial charge in [-0.3, -0.25) is 0 Å². The molecule has 1 nitrogen and oxygen atoms in total. The van der Waals surface area contributed by atoms with E-state index in [1.165, 1.54) is 16.0 Å². The summed E-state index contributed by atoms with van der Waals surface area (Å²) in [5.41, 5.74) is 2.54. The second-order valence-corrected chi connectivity index (χ2v) is 6.71. The molecule has 0 spiro atoms. The number of phenolic OH excluding ortho intramolecular Hbond substituents is 1. The van der Waals surface area contributed by atoms with E-state index in [1.807, 2.05) is 18.2 Å². The average molecular weight is 332 g/mol. The minimum Gasteiger partial charge on any atom is -0.508 e. The van der Waals surface area contributed by atoms with Gasteiger partial charge in [0, 0.05) is 22.0 Å². The molecule has 0 fully saturated rings. The first-order valence-corrected chi connectivity index (χ1v) is 8.30. The lowest BCUT2D eigenvalue weighted by Gasteiger charge is -2.06. The maximum atomic E-state index is 9.75. The Morgan fingerprint density at radius 1 is 1.00 bits per heavy atom. The molecule has 120 valence electrons. The van der Waals surface area contributed by atoms with Crippen molar-refractivity contribution in [1.29, 1.82) is 0 Å². The van der Waals surface area contributed by atoms with Crippen LogP contribution in [0.3, 0.4) is 0 Å². The molecule has 0 saturated heterocycles. The Bertz CT molecular complexity index is 584. The van der Waals surface area contributed by atoms with Crippen molar-refractivity contribution in [2.45, 2.75) is 17.6 Å². The Balaban J connectivity index is 0.000000422. The Morgan fingerprint density at radius 2 is 1.55 bits per heavy atom. The van der Waals surface area contributed by atoms with Gasteiger partial charge in [-0.1, -0.05) is 30.3 Å². The molecule has 0 heterocycles. The van der Waals surface area contributed by atoms with Crippen LogP contribution >= 0.6 is 0 Å². The van der Waals surface area contributed by atoms with Crippen molar-refractivity contribution in [3.8, 4) is 5.75 Å². The fourth-order valence-corrected chi connectivity index (χ4v) is 3.68. The second-order valence-electron chi connectivity index (χ2n) is 4.71. The first kappa shape index (κ1) is 18.4. The molecule has 0 aliphatic carbocycles. The summed E-state index contributed by atoms with van der Waals surface area (Å²) in [5, 5.41) is 9.41. The lowest BCUT2D eigenvalue weighted by atomic mass is 10.2. The minimum atomic E-state index is -6.00. The second kappa shape index (κ2) is 8.12. The molecule has 0 amide bonds. The van der Waals surface area contributed by atoms with Gasteiger partial charge >= 0.3 is 7.25 Å². The largest absolute Gasteiger partial charge is 0.673 e. The molecule has 0 aromatic heterocycles. The molecule has 0 aliphatic rings. The van der Waals surface area contributed by atoms with E-state index in [0.717, 1.165) is 5.75 Å². The highest BCUT2D eigenvalue weighted by Gasteiger charge is 2.20. The first-order chi connectivity index (χ1) is 10.2. The number of hydrogen-bond acceptors (Lipinski definition) is 1. The molecule has 2 rings (SSSR count). The summed E-state index contributed by atoms with van der Waals surface area (Å²) in [6, 6.07) is 16.2. The summed E-state index contributed by atoms with van der Waals surface area (Å²) in [6.07, 6.45) is 2.26. The number of hydrogen-bond donors (Lipinski definition) is 1. The van der Waals surface area contributed by atoms with E-state index in [-0.39, 0.29) is 10.9 Å². The molecule has 2 aromatic carbocycles. The highest BCUT2D eigenvalue weighted by atomic mass is 32.2. The topological polar surface area (TPSA) is 20.2 Å². The molecule has 0 radical (unpaired) electrons. The Labute approximate surface area is 130 Å². The lowest BCUT2D eigenvalue weighted by molar-refractivity contribution is 0.368. The smallest absolute Gasteiger partial charge is 0.508 e. The predicted octanol–water partition coefficient (Wildman–Crippen LogP) is 4.81. The highest BCUT2D eigenvalue weighted by Crippen LogP contribution is 2.23. The summed E-state index contributed by atoms with van der Waals surface area (Å²) in [5.74, 6) is 1.41. The van der Waals surface area contributed by atoms with E-state index in [4.69, 9.17) is 0 Å². The van der Waals surface area contributed by atoms with Crippen molar-refractivity contribution in [2.75, 3.05) is 6.26 Å². The first-order valence-electron chi connectivity index (χ1n) is 6.50. The van der Waals surface area contributed by atoms with Crippen LogP contribution in [0.15, 0.2) is 53.4 Å². The molecule has 0 aliphatic heterocycles. The number of halogens is 4. The van der Waals surface area contributed by atoms with Gasteiger partial charge in [0.05, 0.1) is 0 Å². The van der Waals surface area contributed by atoms with Crippen LogP contribution in [0, 0.1) is 6.92 Å². The number of phenols is 1. The van der Waals surface area contributed by atoms with Crippen molar-refractivity contribution in [1.82, 2.24) is 0 Å². The third-order valence-corrected chi connectivity index (χ3v) is 4.74. The third-order valence-electron chi connectivity index (χ3n) is 2.76. The van der Waals surface area contributed by atoms with E-state index < -0.39 is 7.25 Å². The zero-order chi connectivity index (χ0) is 16.8. The molecule has 1 atom stereocenters. The zero-order valence-corrected chi connectivity index (χ0v) is 13.1. The SMILES string of the molecule is Cc1cc(O)ccc1[S+](C)Cc1ccccc1.F[B-](F)(F)F. The summed E-state index contributed by atoms with van der Waals surface area (Å²) < 4.78 is 39.0. The fourth-order valence-electron chi connectivity index (χ4n) is 1.93. The highest BCUT2D eigenvalue weighted by molar-refractivity contribution is 7.95. The summed E-state index contributed by atoms with van der Waals surface area (Å²) >= 11 is 0. The Hall–Kier alpha value is -1.63. The predicted molar refractivity (Wildman–Crippen MR) is 84.7 cm³/mol. The molecule has 1 N–H and O–H groups in total. The number of aromatic hydroxyl groups is 1. The van der Waals surface area contributed by atoms with Crippen molar-refractivity contribution in [2.24, 2.45) is 0 Å². The lowest BCUT2D eigenvalue weighted by Crippen LogP contribution is -2.05. The molecule has 0 saturated carbocycles. The van der Waals surface area contributed by atoms with Gasteiger partial charge in [-0.15, -0.1) is 0 Å². The van der Waals surface area contributed by atoms with E-state index in [0.29, 0.717) is 5.75 Å². The van der Waals surface area contributed by atoms with Gasteiger partial charge in [-0.2, -0.15) is 0 Å². The van der Waals surface area contributed by atoms with Gasteiger partial charge in [-0.05, 0) is 25.1 Å². The van der Waals surface area contributed by atoms with Crippen LogP contribution in [0.5, 0.6) is 5.75 Å². The van der Waals surface area contributed by atoms with Crippen LogP contribution in [-0.2, 0) is 16.6 Å². The summed E-state index contributed by atoms with van der Waals surface area (Å²) in [7, 11) is -5.82. The van der Waals surface area contributed by atoms with E-state index in [9.17, 15) is 22.4 Å². The maximum Gasteiger partial charge on any atom is 0.673 e. The van der Waals surface area contributed by atoms with Gasteiger partial charge < -0.3 is 22.4 Å². The Morgan fingerprint density at radius 3 is 2.05 bits per heavy atom. The van der Waals surface area contributed by atoms with Crippen LogP contribution in [0.4, 0.5) is 17.3 Å². The van der Waals surface area contributed by atoms with Crippen LogP contribution in [-0.4, -0.2) is 18.6 Å². The van der Waals surface area contributed by atoms with Crippen LogP contribution in [0.2, 0.25) is 0 Å². The molecular weight excluding hydrogens is 315 g/mol. The quantitative estimate of drug-likeness (QED) is 0.486. The van der Waals surface area contributed by atoms with Gasteiger partial charge in [0.25, 0.3) is 0 Å². The average Bonchev–Trinajstić information content (AvgIpc) is 2.37. The molecular formula is C15H17BF4OS. The van der Waals surface area contributed by atoms with E-state index in [2.05, 4.69) is 37.4 Å². The third kappa shape index (κ3) is 7.40. The molecule has 1 unspecified atom stereocenters. The van der Waals surface area contributed by atoms with E-state index in [1.54, 1.807) is 6.07 Å². The van der Waals surface area contributed by atoms with Crippen LogP contribution < -0.4 is 0 Å². The van der Waals surface area contributed by atoms with Crippen molar-refractivity contribution >= 4 is 18.1 Å². The van der Waals surface area contributed by atoms with Crippen LogP contribution in [0.25, 0.3) is 0 Å². The number of benzene rings is 2. The fraction of sp³-hybridized carbons (Fsp3) is 0.200. The van der Waals surface area contributed by atoms with Crippen molar-refractivity contribution < 1.29 is 22.4 Å². The summed E-state index contributed by atoms with van der Waals surface area (Å²) in [4.78, 5) is 1.34. The minimum absolute atomic E-state index is 0.185. The molecule has 7 heteroatoms. The summed E-state index contributed by atoms with van der Waals surface area (Å²) in [6.45, 7) is 2.06. The standard InChI is InChI=1S/C15H16OS.BF4/c1-12-10-14(16)8-9-15(12)17(2)11-13-6-4-3-5-7-13;2-1(3,4)5/h3-10H,11H2,1-2H3;/q;-1/p+1. The molecule has 0 bridgehead atoms. The van der Waals surface area contributed by atoms with Gasteiger partial charge in [-0.25, -0.2) is 0 Å². The number of rotatable bonds is 3. The molecule has 2 aromatic rings. The van der Waals surface area contributed by atoms with Crippen LogP contribution in [0.1, 0.15) is 11.1 Å². The normalized spacial score (nSPS) is 12.3. The van der Waals surface area contributed by atoms with E-state index >= 15 is 0 Å². The monoisotopic (exact) mass is 332 g/mol. The zero-order valence-electron chi connectivity index (χ0n) is 12.3. The Kier molecular flexibility index (Phi) is 6.80. The van der Waals surface area contributed by atoms with Gasteiger partial charge in [0.2, 0.25) is 0 Å². The van der Waals surface area contributed by atoms with Gasteiger partial charge in [0.1, 0.15) is 17.8 Å². The number of aryl methyl sites for hydroxylation is 1. The van der Waals surface area contributed by atoms with Crippen molar-refractivity contribution in [3.63, 3.8) is 0 Å². The molecule has 22 heavy (non-hydrogen) atoms. The van der Waals surface area contributed by atoms with Gasteiger partial charge in [0.15, 0.2) is 4.90 Å². The van der Waals surface area contributed by atoms with Crippen molar-refractivity contribution in [3.05, 3.63) is 59.7 Å².